The Labute approximate surface area is 147 Å². The first-order valence-electron chi connectivity index (χ1n) is 8.59. The van der Waals surface area contributed by atoms with Crippen LogP contribution in [0.3, 0.4) is 0 Å². The second kappa shape index (κ2) is 9.94. The molecule has 1 saturated heterocycles. The summed E-state index contributed by atoms with van der Waals surface area (Å²) in [5.41, 5.74) is 1.29. The predicted molar refractivity (Wildman–Crippen MR) is 99.1 cm³/mol. The minimum Gasteiger partial charge on any atom is -0.342 e. The molecule has 2 unspecified atom stereocenters. The lowest BCUT2D eigenvalue weighted by Crippen LogP contribution is -2.43. The maximum absolute atomic E-state index is 12.7. The van der Waals surface area contributed by atoms with Crippen molar-refractivity contribution in [3.8, 4) is 0 Å². The molecule has 1 amide bonds. The Bertz CT molecular complexity index is 462. The number of hydrogen-bond acceptors (Lipinski definition) is 2. The van der Waals surface area contributed by atoms with Crippen molar-refractivity contribution in [2.24, 2.45) is 11.8 Å². The molecule has 1 N–H and O–H groups in total. The second-order valence-corrected chi connectivity index (χ2v) is 6.87. The molecule has 3 nitrogen and oxygen atoms in total. The summed E-state index contributed by atoms with van der Waals surface area (Å²) in [7, 11) is 1.99. The first kappa shape index (κ1) is 20.0. The van der Waals surface area contributed by atoms with E-state index in [-0.39, 0.29) is 12.4 Å². The molecule has 4 heteroatoms. The van der Waals surface area contributed by atoms with Gasteiger partial charge in [-0.3, -0.25) is 4.79 Å². The van der Waals surface area contributed by atoms with Crippen LogP contribution >= 0.6 is 12.4 Å². The van der Waals surface area contributed by atoms with Gasteiger partial charge in [0.25, 0.3) is 0 Å². The van der Waals surface area contributed by atoms with Gasteiger partial charge in [0.1, 0.15) is 0 Å². The van der Waals surface area contributed by atoms with Crippen LogP contribution in [0.2, 0.25) is 0 Å². The summed E-state index contributed by atoms with van der Waals surface area (Å²) < 4.78 is 0. The molecule has 0 aliphatic carbocycles. The fraction of sp³-hybridized carbons (Fsp3) is 0.632. The van der Waals surface area contributed by atoms with Crippen molar-refractivity contribution in [1.29, 1.82) is 0 Å². The molecule has 2 rings (SSSR count). The zero-order valence-corrected chi connectivity index (χ0v) is 15.4. The maximum atomic E-state index is 12.7. The average molecular weight is 339 g/mol. The molecule has 23 heavy (non-hydrogen) atoms. The summed E-state index contributed by atoms with van der Waals surface area (Å²) in [5, 5.41) is 3.24. The van der Waals surface area contributed by atoms with E-state index in [1.54, 1.807) is 0 Å². The van der Waals surface area contributed by atoms with E-state index >= 15 is 0 Å². The first-order valence-corrected chi connectivity index (χ1v) is 8.59. The number of piperidine rings is 1. The second-order valence-electron chi connectivity index (χ2n) is 6.87. The lowest BCUT2D eigenvalue weighted by molar-refractivity contribution is -0.133. The third-order valence-electron chi connectivity index (χ3n) is 4.79. The molecule has 1 fully saturated rings. The van der Waals surface area contributed by atoms with Crippen LogP contribution in [0, 0.1) is 11.8 Å². The molecule has 1 aliphatic rings. The normalized spacial score (nSPS) is 19.3. The maximum Gasteiger partial charge on any atom is 0.223 e. The lowest BCUT2D eigenvalue weighted by atomic mass is 9.85. The summed E-state index contributed by atoms with van der Waals surface area (Å²) in [6.07, 6.45) is 3.00. The Morgan fingerprint density at radius 2 is 2.00 bits per heavy atom. The van der Waals surface area contributed by atoms with Gasteiger partial charge in [-0.1, -0.05) is 44.2 Å². The van der Waals surface area contributed by atoms with Gasteiger partial charge in [-0.2, -0.15) is 0 Å². The molecule has 0 bridgehead atoms. The molecule has 130 valence electrons. The highest BCUT2D eigenvalue weighted by molar-refractivity contribution is 5.85. The van der Waals surface area contributed by atoms with Crippen LogP contribution in [0.25, 0.3) is 0 Å². The van der Waals surface area contributed by atoms with E-state index in [0.717, 1.165) is 26.1 Å². The third-order valence-corrected chi connectivity index (χ3v) is 4.79. The van der Waals surface area contributed by atoms with Gasteiger partial charge in [0.2, 0.25) is 5.91 Å². The van der Waals surface area contributed by atoms with Gasteiger partial charge < -0.3 is 10.2 Å². The van der Waals surface area contributed by atoms with Gasteiger partial charge in [-0.15, -0.1) is 12.4 Å². The number of benzene rings is 1. The minimum atomic E-state index is 0. The SMILES string of the molecule is CNCC1CCCN(C(=O)CC(c2ccccc2)C(C)C)C1.Cl. The highest BCUT2D eigenvalue weighted by Gasteiger charge is 2.26. The molecule has 0 spiro atoms. The molecule has 1 aromatic carbocycles. The van der Waals surface area contributed by atoms with E-state index in [4.69, 9.17) is 0 Å². The van der Waals surface area contributed by atoms with Crippen LogP contribution in [0.15, 0.2) is 30.3 Å². The standard InChI is InChI=1S/C19H30N2O.ClH/c1-15(2)18(17-9-5-4-6-10-17)12-19(22)21-11-7-8-16(14-21)13-20-3;/h4-6,9-10,15-16,18,20H,7-8,11-14H2,1-3H3;1H. The Hall–Kier alpha value is -1.06. The van der Waals surface area contributed by atoms with Crippen LogP contribution in [-0.2, 0) is 4.79 Å². The van der Waals surface area contributed by atoms with Crippen molar-refractivity contribution >= 4 is 18.3 Å². The van der Waals surface area contributed by atoms with E-state index < -0.39 is 0 Å². The summed E-state index contributed by atoms with van der Waals surface area (Å²) >= 11 is 0. The summed E-state index contributed by atoms with van der Waals surface area (Å²) in [6.45, 7) is 7.28. The fourth-order valence-corrected chi connectivity index (χ4v) is 3.50. The number of carbonyl (C=O) groups is 1. The van der Waals surface area contributed by atoms with Crippen LogP contribution in [0.4, 0.5) is 0 Å². The van der Waals surface area contributed by atoms with Crippen molar-refractivity contribution < 1.29 is 4.79 Å². The number of rotatable bonds is 6. The first-order chi connectivity index (χ1) is 10.6. The molecular weight excluding hydrogens is 308 g/mol. The van der Waals surface area contributed by atoms with E-state index in [2.05, 4.69) is 48.3 Å². The molecule has 2 atom stereocenters. The van der Waals surface area contributed by atoms with E-state index in [0.29, 0.717) is 30.1 Å². The monoisotopic (exact) mass is 338 g/mol. The van der Waals surface area contributed by atoms with Crippen molar-refractivity contribution in [2.45, 2.75) is 39.0 Å². The highest BCUT2D eigenvalue weighted by Crippen LogP contribution is 2.29. The molecule has 1 aliphatic heterocycles. The number of amides is 1. The largest absolute Gasteiger partial charge is 0.342 e. The van der Waals surface area contributed by atoms with Gasteiger partial charge in [0.15, 0.2) is 0 Å². The van der Waals surface area contributed by atoms with E-state index in [9.17, 15) is 4.79 Å². The molecule has 0 aromatic heterocycles. The van der Waals surface area contributed by atoms with Crippen molar-refractivity contribution in [2.75, 3.05) is 26.7 Å². The number of likely N-dealkylation sites (tertiary alicyclic amines) is 1. The smallest absolute Gasteiger partial charge is 0.223 e. The van der Waals surface area contributed by atoms with Crippen molar-refractivity contribution in [3.05, 3.63) is 35.9 Å². The van der Waals surface area contributed by atoms with Crippen LogP contribution in [0.5, 0.6) is 0 Å². The topological polar surface area (TPSA) is 32.3 Å². The van der Waals surface area contributed by atoms with Gasteiger partial charge >= 0.3 is 0 Å². The summed E-state index contributed by atoms with van der Waals surface area (Å²) in [4.78, 5) is 14.8. The summed E-state index contributed by atoms with van der Waals surface area (Å²) in [6, 6.07) is 10.5. The predicted octanol–water partition coefficient (Wildman–Crippen LogP) is 3.70. The number of carbonyl (C=O) groups excluding carboxylic acids is 1. The average Bonchev–Trinajstić information content (AvgIpc) is 2.53. The van der Waals surface area contributed by atoms with Gasteiger partial charge in [0.05, 0.1) is 0 Å². The third kappa shape index (κ3) is 5.82. The van der Waals surface area contributed by atoms with Crippen molar-refractivity contribution in [3.63, 3.8) is 0 Å². The highest BCUT2D eigenvalue weighted by atomic mass is 35.5. The summed E-state index contributed by atoms with van der Waals surface area (Å²) in [5.74, 6) is 1.72. The van der Waals surface area contributed by atoms with Crippen LogP contribution < -0.4 is 5.32 Å². The Morgan fingerprint density at radius 3 is 2.61 bits per heavy atom. The number of hydrogen-bond donors (Lipinski definition) is 1. The molecule has 0 radical (unpaired) electrons. The van der Waals surface area contributed by atoms with E-state index in [1.165, 1.54) is 12.0 Å². The van der Waals surface area contributed by atoms with Gasteiger partial charge in [-0.25, -0.2) is 0 Å². The quantitative estimate of drug-likeness (QED) is 0.857. The molecule has 1 aromatic rings. The Kier molecular flexibility index (Phi) is 8.64. The fourth-order valence-electron chi connectivity index (χ4n) is 3.50. The lowest BCUT2D eigenvalue weighted by Gasteiger charge is -2.34. The minimum absolute atomic E-state index is 0. The molecule has 0 saturated carbocycles. The van der Waals surface area contributed by atoms with Crippen molar-refractivity contribution in [1.82, 2.24) is 10.2 Å². The zero-order chi connectivity index (χ0) is 15.9. The molecular formula is C19H31ClN2O. The zero-order valence-electron chi connectivity index (χ0n) is 14.6. The van der Waals surface area contributed by atoms with Crippen LogP contribution in [0.1, 0.15) is 44.6 Å². The van der Waals surface area contributed by atoms with Gasteiger partial charge in [0, 0.05) is 19.5 Å². The van der Waals surface area contributed by atoms with Gasteiger partial charge in [-0.05, 0) is 49.8 Å². The molecule has 1 heterocycles. The number of nitrogens with one attached hydrogen (secondary N) is 1. The van der Waals surface area contributed by atoms with E-state index in [1.807, 2.05) is 13.1 Å². The van der Waals surface area contributed by atoms with Crippen LogP contribution in [-0.4, -0.2) is 37.5 Å². The Morgan fingerprint density at radius 1 is 1.30 bits per heavy atom. The number of nitrogens with zero attached hydrogens (tertiary/aromatic N) is 1. The Balaban J connectivity index is 0.00000264. The number of halogens is 1.